The number of amides is 2. The van der Waals surface area contributed by atoms with Crippen LogP contribution in [0.15, 0.2) is 47.1 Å². The first kappa shape index (κ1) is 13.7. The third-order valence-corrected chi connectivity index (χ3v) is 3.60. The lowest BCUT2D eigenvalue weighted by Gasteiger charge is -2.17. The van der Waals surface area contributed by atoms with Gasteiger partial charge in [-0.2, -0.15) is 0 Å². The Morgan fingerprint density at radius 2 is 2.05 bits per heavy atom. The summed E-state index contributed by atoms with van der Waals surface area (Å²) in [7, 11) is 0. The molecule has 108 valence electrons. The Kier molecular flexibility index (Phi) is 3.66. The van der Waals surface area contributed by atoms with Gasteiger partial charge in [0.15, 0.2) is 5.76 Å². The largest absolute Gasteiger partial charge is 0.459 e. The average molecular weight is 305 g/mol. The van der Waals surface area contributed by atoms with E-state index in [1.54, 1.807) is 41.3 Å². The lowest BCUT2D eigenvalue weighted by molar-refractivity contribution is -0.117. The summed E-state index contributed by atoms with van der Waals surface area (Å²) in [6.07, 6.45) is 1.71. The highest BCUT2D eigenvalue weighted by Gasteiger charge is 2.32. The van der Waals surface area contributed by atoms with Crippen LogP contribution in [0.2, 0.25) is 5.02 Å². The molecule has 0 saturated carbocycles. The van der Waals surface area contributed by atoms with Crippen molar-refractivity contribution in [2.75, 3.05) is 11.4 Å². The second kappa shape index (κ2) is 5.61. The highest BCUT2D eigenvalue weighted by Crippen LogP contribution is 2.23. The number of hydrogen-bond acceptors (Lipinski definition) is 3. The van der Waals surface area contributed by atoms with Crippen LogP contribution in [-0.2, 0) is 4.79 Å². The maximum absolute atomic E-state index is 12.1. The van der Waals surface area contributed by atoms with Crippen LogP contribution in [0.3, 0.4) is 0 Å². The number of carbonyl (C=O) groups is 2. The maximum Gasteiger partial charge on any atom is 0.287 e. The molecule has 1 saturated heterocycles. The number of carbonyl (C=O) groups excluding carboxylic acids is 2. The average Bonchev–Trinajstić information content (AvgIpc) is 3.10. The van der Waals surface area contributed by atoms with Crippen molar-refractivity contribution in [2.24, 2.45) is 0 Å². The number of anilines is 1. The van der Waals surface area contributed by atoms with Gasteiger partial charge in [0.05, 0.1) is 12.3 Å². The van der Waals surface area contributed by atoms with Crippen molar-refractivity contribution in [3.05, 3.63) is 53.4 Å². The number of halogens is 1. The Morgan fingerprint density at radius 3 is 2.71 bits per heavy atom. The molecule has 3 rings (SSSR count). The molecule has 1 aromatic heterocycles. The van der Waals surface area contributed by atoms with Gasteiger partial charge in [-0.05, 0) is 36.4 Å². The van der Waals surface area contributed by atoms with Gasteiger partial charge >= 0.3 is 0 Å². The van der Waals surface area contributed by atoms with Gasteiger partial charge in [-0.25, -0.2) is 0 Å². The lowest BCUT2D eigenvalue weighted by Crippen LogP contribution is -2.37. The molecule has 2 aromatic rings. The lowest BCUT2D eigenvalue weighted by atomic mass is 10.2. The third-order valence-electron chi connectivity index (χ3n) is 3.34. The molecule has 0 bridgehead atoms. The van der Waals surface area contributed by atoms with Crippen LogP contribution >= 0.6 is 11.6 Å². The number of nitrogens with one attached hydrogen (secondary N) is 1. The molecule has 0 radical (unpaired) electrons. The van der Waals surface area contributed by atoms with Crippen molar-refractivity contribution >= 4 is 29.1 Å². The Morgan fingerprint density at radius 1 is 1.29 bits per heavy atom. The van der Waals surface area contributed by atoms with Gasteiger partial charge in [0.1, 0.15) is 0 Å². The van der Waals surface area contributed by atoms with Gasteiger partial charge in [-0.3, -0.25) is 9.59 Å². The summed E-state index contributed by atoms with van der Waals surface area (Å²) in [6.45, 7) is 0.437. The maximum atomic E-state index is 12.1. The van der Waals surface area contributed by atoms with E-state index in [1.807, 2.05) is 0 Å². The van der Waals surface area contributed by atoms with Crippen LogP contribution < -0.4 is 10.2 Å². The number of rotatable bonds is 3. The smallest absolute Gasteiger partial charge is 0.287 e. The van der Waals surface area contributed by atoms with Crippen LogP contribution in [0.1, 0.15) is 17.0 Å². The standard InChI is InChI=1S/C15H13ClN2O3/c16-10-3-5-12(6-4-10)18-9-11(8-14(18)19)17-15(20)13-2-1-7-21-13/h1-7,11H,8-9H2,(H,17,20)/t11-/m0/s1. The van der Waals surface area contributed by atoms with E-state index in [9.17, 15) is 9.59 Å². The zero-order valence-corrected chi connectivity index (χ0v) is 11.8. The van der Waals surface area contributed by atoms with Gasteiger partial charge in [-0.1, -0.05) is 11.6 Å². The van der Waals surface area contributed by atoms with Gasteiger partial charge in [0, 0.05) is 23.7 Å². The van der Waals surface area contributed by atoms with E-state index < -0.39 is 0 Å². The van der Waals surface area contributed by atoms with E-state index in [2.05, 4.69) is 5.32 Å². The Bertz CT molecular complexity index is 652. The normalized spacial score (nSPS) is 18.0. The van der Waals surface area contributed by atoms with Gasteiger partial charge in [0.2, 0.25) is 5.91 Å². The van der Waals surface area contributed by atoms with Crippen LogP contribution in [-0.4, -0.2) is 24.4 Å². The molecule has 1 N–H and O–H groups in total. The molecule has 2 amide bonds. The topological polar surface area (TPSA) is 62.6 Å². The van der Waals surface area contributed by atoms with Crippen molar-refractivity contribution in [3.8, 4) is 0 Å². The molecule has 0 unspecified atom stereocenters. The summed E-state index contributed by atoms with van der Waals surface area (Å²) >= 11 is 5.84. The molecule has 21 heavy (non-hydrogen) atoms. The second-order valence-electron chi connectivity index (χ2n) is 4.83. The first-order valence-corrected chi connectivity index (χ1v) is 6.91. The van der Waals surface area contributed by atoms with E-state index in [0.29, 0.717) is 11.6 Å². The molecule has 2 heterocycles. The van der Waals surface area contributed by atoms with Crippen molar-refractivity contribution < 1.29 is 14.0 Å². The molecule has 1 aliphatic rings. The van der Waals surface area contributed by atoms with Crippen LogP contribution in [0.5, 0.6) is 0 Å². The Hall–Kier alpha value is -2.27. The summed E-state index contributed by atoms with van der Waals surface area (Å²) in [4.78, 5) is 25.6. The highest BCUT2D eigenvalue weighted by molar-refractivity contribution is 6.30. The fourth-order valence-corrected chi connectivity index (χ4v) is 2.47. The Balaban J connectivity index is 1.67. The molecule has 0 spiro atoms. The van der Waals surface area contributed by atoms with E-state index >= 15 is 0 Å². The monoisotopic (exact) mass is 304 g/mol. The zero-order valence-electron chi connectivity index (χ0n) is 11.1. The second-order valence-corrected chi connectivity index (χ2v) is 5.27. The number of hydrogen-bond donors (Lipinski definition) is 1. The van der Waals surface area contributed by atoms with Gasteiger partial charge < -0.3 is 14.6 Å². The molecule has 1 atom stereocenters. The fraction of sp³-hybridized carbons (Fsp3) is 0.200. The summed E-state index contributed by atoms with van der Waals surface area (Å²) in [5.74, 6) is -0.0924. The van der Waals surface area contributed by atoms with Crippen LogP contribution in [0.4, 0.5) is 5.69 Å². The van der Waals surface area contributed by atoms with Gasteiger partial charge in [0.25, 0.3) is 5.91 Å². The summed E-state index contributed by atoms with van der Waals surface area (Å²) in [5.41, 5.74) is 0.777. The zero-order chi connectivity index (χ0) is 14.8. The third kappa shape index (κ3) is 2.92. The number of furan rings is 1. The quantitative estimate of drug-likeness (QED) is 0.947. The van der Waals surface area contributed by atoms with E-state index in [1.165, 1.54) is 6.26 Å². The van der Waals surface area contributed by atoms with Crippen molar-refractivity contribution in [1.82, 2.24) is 5.32 Å². The molecule has 1 fully saturated rings. The van der Waals surface area contributed by atoms with Gasteiger partial charge in [-0.15, -0.1) is 0 Å². The molecular formula is C15H13ClN2O3. The predicted octanol–water partition coefficient (Wildman–Crippen LogP) is 2.47. The highest BCUT2D eigenvalue weighted by atomic mass is 35.5. The molecule has 0 aliphatic carbocycles. The molecular weight excluding hydrogens is 292 g/mol. The van der Waals surface area contributed by atoms with Crippen LogP contribution in [0, 0.1) is 0 Å². The van der Waals surface area contributed by atoms with Crippen molar-refractivity contribution in [1.29, 1.82) is 0 Å². The molecule has 5 nitrogen and oxygen atoms in total. The van der Waals surface area contributed by atoms with E-state index in [-0.39, 0.29) is 30.0 Å². The molecule has 6 heteroatoms. The van der Waals surface area contributed by atoms with E-state index in [0.717, 1.165) is 5.69 Å². The van der Waals surface area contributed by atoms with E-state index in [4.69, 9.17) is 16.0 Å². The first-order chi connectivity index (χ1) is 10.1. The molecule has 1 aromatic carbocycles. The van der Waals surface area contributed by atoms with Crippen LogP contribution in [0.25, 0.3) is 0 Å². The summed E-state index contributed by atoms with van der Waals surface area (Å²) in [6, 6.07) is 10.1. The minimum absolute atomic E-state index is 0.0259. The predicted molar refractivity (Wildman–Crippen MR) is 78.4 cm³/mol. The first-order valence-electron chi connectivity index (χ1n) is 6.54. The summed E-state index contributed by atoms with van der Waals surface area (Å²) < 4.78 is 5.03. The van der Waals surface area contributed by atoms with Crippen molar-refractivity contribution in [2.45, 2.75) is 12.5 Å². The number of benzene rings is 1. The van der Waals surface area contributed by atoms with Crippen molar-refractivity contribution in [3.63, 3.8) is 0 Å². The SMILES string of the molecule is O=C(N[C@H]1CC(=O)N(c2ccc(Cl)cc2)C1)c1ccco1. The summed E-state index contributed by atoms with van der Waals surface area (Å²) in [5, 5.41) is 3.42. The number of nitrogens with zero attached hydrogens (tertiary/aromatic N) is 1. The Labute approximate surface area is 126 Å². The fourth-order valence-electron chi connectivity index (χ4n) is 2.34. The molecule has 1 aliphatic heterocycles. The minimum Gasteiger partial charge on any atom is -0.459 e. The minimum atomic E-state index is -0.309.